The molecule has 1 amide bonds. The normalized spacial score (nSPS) is 13.2. The maximum atomic E-state index is 11.8. The second kappa shape index (κ2) is 7.63. The van der Waals surface area contributed by atoms with E-state index in [9.17, 15) is 4.79 Å². The van der Waals surface area contributed by atoms with Crippen molar-refractivity contribution in [3.05, 3.63) is 0 Å². The first-order valence-electron chi connectivity index (χ1n) is 5.98. The molecule has 1 unspecified atom stereocenters. The molecule has 4 heteroatoms. The van der Waals surface area contributed by atoms with Crippen molar-refractivity contribution in [1.82, 2.24) is 9.80 Å². The van der Waals surface area contributed by atoms with Crippen LogP contribution in [0.2, 0.25) is 0 Å². The van der Waals surface area contributed by atoms with Gasteiger partial charge in [-0.2, -0.15) is 0 Å². The highest BCUT2D eigenvalue weighted by atomic mass is 16.2. The fourth-order valence-corrected chi connectivity index (χ4v) is 1.34. The zero-order valence-electron chi connectivity index (χ0n) is 11.4. The van der Waals surface area contributed by atoms with Crippen LogP contribution in [0.3, 0.4) is 0 Å². The summed E-state index contributed by atoms with van der Waals surface area (Å²) in [6.45, 7) is 5.91. The van der Waals surface area contributed by atoms with Crippen molar-refractivity contribution in [3.8, 4) is 0 Å². The van der Waals surface area contributed by atoms with Gasteiger partial charge in [0.1, 0.15) is 0 Å². The van der Waals surface area contributed by atoms with Crippen molar-refractivity contribution in [1.29, 1.82) is 0 Å². The van der Waals surface area contributed by atoms with E-state index in [1.807, 2.05) is 35.0 Å². The van der Waals surface area contributed by atoms with Gasteiger partial charge in [-0.15, -0.1) is 0 Å². The molecule has 0 bridgehead atoms. The Hall–Kier alpha value is -0.610. The minimum Gasteiger partial charge on any atom is -0.346 e. The Bertz CT molecular complexity index is 204. The first-order valence-corrected chi connectivity index (χ1v) is 5.98. The van der Waals surface area contributed by atoms with E-state index in [0.29, 0.717) is 12.3 Å². The van der Waals surface area contributed by atoms with E-state index in [0.717, 1.165) is 19.5 Å². The molecule has 0 aliphatic rings. The number of hydrogen-bond acceptors (Lipinski definition) is 3. The molecule has 2 N–H and O–H groups in total. The third-order valence-corrected chi connectivity index (χ3v) is 2.79. The topological polar surface area (TPSA) is 49.6 Å². The highest BCUT2D eigenvalue weighted by molar-refractivity contribution is 5.76. The van der Waals surface area contributed by atoms with Gasteiger partial charge < -0.3 is 15.5 Å². The first kappa shape index (κ1) is 15.4. The third kappa shape index (κ3) is 6.80. The second-order valence-electron chi connectivity index (χ2n) is 5.08. The quantitative estimate of drug-likeness (QED) is 0.701. The number of carbonyl (C=O) groups is 1. The van der Waals surface area contributed by atoms with Crippen molar-refractivity contribution in [3.63, 3.8) is 0 Å². The van der Waals surface area contributed by atoms with Gasteiger partial charge in [-0.25, -0.2) is 0 Å². The lowest BCUT2D eigenvalue weighted by molar-refractivity contribution is -0.130. The van der Waals surface area contributed by atoms with Crippen molar-refractivity contribution < 1.29 is 4.79 Å². The fourth-order valence-electron chi connectivity index (χ4n) is 1.34. The lowest BCUT2D eigenvalue weighted by Crippen LogP contribution is -2.36. The zero-order valence-corrected chi connectivity index (χ0v) is 11.4. The van der Waals surface area contributed by atoms with Crippen molar-refractivity contribution >= 4 is 5.91 Å². The Kier molecular flexibility index (Phi) is 7.34. The lowest BCUT2D eigenvalue weighted by atomic mass is 10.0. The summed E-state index contributed by atoms with van der Waals surface area (Å²) in [6.07, 6.45) is 1.46. The van der Waals surface area contributed by atoms with E-state index in [2.05, 4.69) is 4.90 Å². The highest BCUT2D eigenvalue weighted by Gasteiger charge is 2.15. The molecule has 0 rings (SSSR count). The first-order chi connectivity index (χ1) is 7.34. The monoisotopic (exact) mass is 229 g/mol. The molecular formula is C12H27N3O. The van der Waals surface area contributed by atoms with Gasteiger partial charge in [0.05, 0.1) is 0 Å². The standard InChI is InChI=1S/C12H27N3O/c1-10(2)11(13)9-12(16)15(5)8-6-7-14(3)4/h10-11H,6-9,13H2,1-5H3. The van der Waals surface area contributed by atoms with Crippen LogP contribution in [0.4, 0.5) is 0 Å². The molecule has 0 saturated carbocycles. The molecule has 0 heterocycles. The number of carbonyl (C=O) groups excluding carboxylic acids is 1. The number of rotatable bonds is 7. The summed E-state index contributed by atoms with van der Waals surface area (Å²) in [5.41, 5.74) is 5.88. The smallest absolute Gasteiger partial charge is 0.223 e. The van der Waals surface area contributed by atoms with Crippen LogP contribution in [0.5, 0.6) is 0 Å². The molecule has 0 aromatic heterocycles. The molecule has 0 aromatic carbocycles. The summed E-state index contributed by atoms with van der Waals surface area (Å²) >= 11 is 0. The van der Waals surface area contributed by atoms with Gasteiger partial charge in [-0.1, -0.05) is 13.8 Å². The van der Waals surface area contributed by atoms with Crippen LogP contribution in [-0.4, -0.2) is 56.0 Å². The summed E-state index contributed by atoms with van der Waals surface area (Å²) in [5.74, 6) is 0.513. The molecule has 96 valence electrons. The van der Waals surface area contributed by atoms with Gasteiger partial charge in [0.15, 0.2) is 0 Å². The molecule has 0 fully saturated rings. The van der Waals surface area contributed by atoms with Gasteiger partial charge in [-0.3, -0.25) is 4.79 Å². The van der Waals surface area contributed by atoms with Gasteiger partial charge in [0.25, 0.3) is 0 Å². The van der Waals surface area contributed by atoms with Crippen LogP contribution in [0, 0.1) is 5.92 Å². The van der Waals surface area contributed by atoms with E-state index in [1.165, 1.54) is 0 Å². The SMILES string of the molecule is CC(C)C(N)CC(=O)N(C)CCCN(C)C. The molecule has 0 aliphatic carbocycles. The van der Waals surface area contributed by atoms with E-state index >= 15 is 0 Å². The molecule has 0 saturated heterocycles. The maximum Gasteiger partial charge on any atom is 0.223 e. The van der Waals surface area contributed by atoms with Gasteiger partial charge in [-0.05, 0) is 33.0 Å². The van der Waals surface area contributed by atoms with Crippen LogP contribution < -0.4 is 5.73 Å². The van der Waals surface area contributed by atoms with Crippen molar-refractivity contribution in [2.45, 2.75) is 32.7 Å². The summed E-state index contributed by atoms with van der Waals surface area (Å²) in [4.78, 5) is 15.7. The molecular weight excluding hydrogens is 202 g/mol. The maximum absolute atomic E-state index is 11.8. The minimum atomic E-state index is -0.0243. The fraction of sp³-hybridized carbons (Fsp3) is 0.917. The summed E-state index contributed by atoms with van der Waals surface area (Å²) in [5, 5.41) is 0. The van der Waals surface area contributed by atoms with Crippen LogP contribution >= 0.6 is 0 Å². The molecule has 0 aromatic rings. The summed E-state index contributed by atoms with van der Waals surface area (Å²) in [6, 6.07) is -0.0243. The Morgan fingerprint density at radius 3 is 2.19 bits per heavy atom. The number of nitrogens with zero attached hydrogens (tertiary/aromatic N) is 2. The predicted molar refractivity (Wildman–Crippen MR) is 68.2 cm³/mol. The largest absolute Gasteiger partial charge is 0.346 e. The highest BCUT2D eigenvalue weighted by Crippen LogP contribution is 2.05. The Morgan fingerprint density at radius 1 is 1.19 bits per heavy atom. The minimum absolute atomic E-state index is 0.0243. The van der Waals surface area contributed by atoms with Gasteiger partial charge in [0.2, 0.25) is 5.91 Å². The number of hydrogen-bond donors (Lipinski definition) is 1. The average molecular weight is 229 g/mol. The van der Waals surface area contributed by atoms with Gasteiger partial charge in [0, 0.05) is 26.1 Å². The van der Waals surface area contributed by atoms with E-state index < -0.39 is 0 Å². The molecule has 1 atom stereocenters. The molecule has 0 aliphatic heterocycles. The van der Waals surface area contributed by atoms with Gasteiger partial charge >= 0.3 is 0 Å². The van der Waals surface area contributed by atoms with E-state index in [-0.39, 0.29) is 11.9 Å². The zero-order chi connectivity index (χ0) is 12.7. The lowest BCUT2D eigenvalue weighted by Gasteiger charge is -2.22. The van der Waals surface area contributed by atoms with Crippen LogP contribution in [0.25, 0.3) is 0 Å². The Labute approximate surface area is 99.8 Å². The predicted octanol–water partition coefficient (Wildman–Crippen LogP) is 0.770. The van der Waals surface area contributed by atoms with Crippen LogP contribution in [0.15, 0.2) is 0 Å². The molecule has 0 radical (unpaired) electrons. The van der Waals surface area contributed by atoms with Crippen molar-refractivity contribution in [2.24, 2.45) is 11.7 Å². The van der Waals surface area contributed by atoms with E-state index in [4.69, 9.17) is 5.73 Å². The Morgan fingerprint density at radius 2 is 1.75 bits per heavy atom. The molecule has 0 spiro atoms. The van der Waals surface area contributed by atoms with E-state index in [1.54, 1.807) is 4.90 Å². The van der Waals surface area contributed by atoms with Crippen molar-refractivity contribution in [2.75, 3.05) is 34.2 Å². The average Bonchev–Trinajstić information content (AvgIpc) is 2.16. The van der Waals surface area contributed by atoms with Crippen LogP contribution in [-0.2, 0) is 4.79 Å². The van der Waals surface area contributed by atoms with Crippen LogP contribution in [0.1, 0.15) is 26.7 Å². The second-order valence-corrected chi connectivity index (χ2v) is 5.08. The molecule has 16 heavy (non-hydrogen) atoms. The molecule has 4 nitrogen and oxygen atoms in total. The Balaban J connectivity index is 3.81. The third-order valence-electron chi connectivity index (χ3n) is 2.79. The summed E-state index contributed by atoms with van der Waals surface area (Å²) in [7, 11) is 5.93. The number of nitrogens with two attached hydrogens (primary N) is 1. The number of amides is 1. The summed E-state index contributed by atoms with van der Waals surface area (Å²) < 4.78 is 0.